The lowest BCUT2D eigenvalue weighted by Gasteiger charge is -2.26. The topological polar surface area (TPSA) is 41.6 Å². The first-order chi connectivity index (χ1) is 12.3. The molecule has 4 nitrogen and oxygen atoms in total. The van der Waals surface area contributed by atoms with Crippen molar-refractivity contribution in [3.8, 4) is 5.75 Å². The van der Waals surface area contributed by atoms with E-state index in [0.717, 1.165) is 12.1 Å². The fraction of sp³-hybridized carbons (Fsp3) is 0.381. The van der Waals surface area contributed by atoms with Gasteiger partial charge in [0.2, 0.25) is 0 Å². The highest BCUT2D eigenvalue weighted by molar-refractivity contribution is 5.96. The Bertz CT molecular complexity index is 691. The van der Waals surface area contributed by atoms with Crippen LogP contribution in [0.25, 0.3) is 0 Å². The van der Waals surface area contributed by atoms with Crippen LogP contribution in [0.3, 0.4) is 0 Å². The summed E-state index contributed by atoms with van der Waals surface area (Å²) < 4.78 is 5.24. The van der Waals surface area contributed by atoms with Crippen LogP contribution >= 0.6 is 0 Å². The van der Waals surface area contributed by atoms with Gasteiger partial charge in [0, 0.05) is 13.1 Å². The van der Waals surface area contributed by atoms with Crippen LogP contribution in [-0.4, -0.2) is 31.0 Å². The fourth-order valence-electron chi connectivity index (χ4n) is 3.25. The summed E-state index contributed by atoms with van der Waals surface area (Å²) in [5, 5.41) is 2.96. The Hall–Kier alpha value is -2.33. The van der Waals surface area contributed by atoms with Crippen molar-refractivity contribution in [1.29, 1.82) is 0 Å². The van der Waals surface area contributed by atoms with E-state index in [-0.39, 0.29) is 5.91 Å². The molecule has 1 saturated heterocycles. The second-order valence-electron chi connectivity index (χ2n) is 6.54. The van der Waals surface area contributed by atoms with Gasteiger partial charge >= 0.3 is 0 Å². The number of para-hydroxylation sites is 1. The van der Waals surface area contributed by atoms with Crippen LogP contribution in [0.2, 0.25) is 0 Å². The molecule has 132 valence electrons. The molecule has 0 aliphatic carbocycles. The van der Waals surface area contributed by atoms with Crippen LogP contribution in [0, 0.1) is 0 Å². The van der Waals surface area contributed by atoms with Crippen LogP contribution in [0.4, 0.5) is 0 Å². The Morgan fingerprint density at radius 2 is 1.68 bits per heavy atom. The number of nitrogens with one attached hydrogen (secondary N) is 1. The minimum Gasteiger partial charge on any atom is -0.496 e. The minimum atomic E-state index is -0.116. The van der Waals surface area contributed by atoms with E-state index in [0.29, 0.717) is 17.9 Å². The monoisotopic (exact) mass is 338 g/mol. The number of carbonyl (C=O) groups excluding carboxylic acids is 1. The molecule has 0 unspecified atom stereocenters. The van der Waals surface area contributed by atoms with E-state index in [1.54, 1.807) is 19.2 Å². The van der Waals surface area contributed by atoms with Gasteiger partial charge in [0.1, 0.15) is 5.75 Å². The third-order valence-corrected chi connectivity index (χ3v) is 4.68. The van der Waals surface area contributed by atoms with E-state index >= 15 is 0 Å². The average molecular weight is 338 g/mol. The zero-order chi connectivity index (χ0) is 17.5. The predicted molar refractivity (Wildman–Crippen MR) is 99.7 cm³/mol. The van der Waals surface area contributed by atoms with E-state index < -0.39 is 0 Å². The van der Waals surface area contributed by atoms with Crippen LogP contribution in [0.1, 0.15) is 40.7 Å². The maximum atomic E-state index is 12.3. The highest BCUT2D eigenvalue weighted by atomic mass is 16.5. The molecule has 25 heavy (non-hydrogen) atoms. The number of ether oxygens (including phenoxy) is 1. The van der Waals surface area contributed by atoms with E-state index in [1.165, 1.54) is 37.9 Å². The van der Waals surface area contributed by atoms with Crippen LogP contribution in [0.15, 0.2) is 48.5 Å². The number of carbonyl (C=O) groups is 1. The van der Waals surface area contributed by atoms with Crippen molar-refractivity contribution in [1.82, 2.24) is 10.2 Å². The molecular formula is C21H26N2O2. The first-order valence-corrected chi connectivity index (χ1v) is 8.97. The Morgan fingerprint density at radius 1 is 1.00 bits per heavy atom. The van der Waals surface area contributed by atoms with Gasteiger partial charge in [-0.2, -0.15) is 0 Å². The Kier molecular flexibility index (Phi) is 6.07. The summed E-state index contributed by atoms with van der Waals surface area (Å²) in [5.41, 5.74) is 3.00. The lowest BCUT2D eigenvalue weighted by atomic mass is 10.1. The molecule has 4 heteroatoms. The highest BCUT2D eigenvalue weighted by Crippen LogP contribution is 2.17. The molecule has 1 N–H and O–H groups in total. The molecule has 1 amide bonds. The highest BCUT2D eigenvalue weighted by Gasteiger charge is 2.12. The number of nitrogens with zero attached hydrogens (tertiary/aromatic N) is 1. The summed E-state index contributed by atoms with van der Waals surface area (Å²) in [6.45, 7) is 3.95. The van der Waals surface area contributed by atoms with Crippen molar-refractivity contribution in [3.05, 3.63) is 65.2 Å². The third kappa shape index (κ3) is 4.83. The molecule has 1 aliphatic heterocycles. The lowest BCUT2D eigenvalue weighted by molar-refractivity contribution is 0.0948. The van der Waals surface area contributed by atoms with Crippen molar-refractivity contribution >= 4 is 5.91 Å². The van der Waals surface area contributed by atoms with E-state index in [2.05, 4.69) is 34.5 Å². The van der Waals surface area contributed by atoms with E-state index in [4.69, 9.17) is 4.74 Å². The zero-order valence-corrected chi connectivity index (χ0v) is 14.8. The van der Waals surface area contributed by atoms with Crippen LogP contribution in [-0.2, 0) is 13.1 Å². The maximum absolute atomic E-state index is 12.3. The number of hydrogen-bond donors (Lipinski definition) is 1. The Morgan fingerprint density at radius 3 is 2.40 bits per heavy atom. The van der Waals surface area contributed by atoms with E-state index in [1.807, 2.05) is 12.1 Å². The molecule has 0 atom stereocenters. The molecule has 0 spiro atoms. The van der Waals surface area contributed by atoms with Crippen molar-refractivity contribution in [2.45, 2.75) is 32.4 Å². The van der Waals surface area contributed by atoms with Crippen LogP contribution in [0.5, 0.6) is 5.75 Å². The van der Waals surface area contributed by atoms with Gasteiger partial charge in [-0.25, -0.2) is 0 Å². The lowest BCUT2D eigenvalue weighted by Crippen LogP contribution is -2.29. The van der Waals surface area contributed by atoms with Gasteiger partial charge in [0.25, 0.3) is 5.91 Å². The van der Waals surface area contributed by atoms with Gasteiger partial charge < -0.3 is 10.1 Å². The van der Waals surface area contributed by atoms with E-state index in [9.17, 15) is 4.79 Å². The molecule has 2 aromatic carbocycles. The molecule has 0 aromatic heterocycles. The molecule has 0 saturated carbocycles. The molecule has 1 aliphatic rings. The fourth-order valence-corrected chi connectivity index (χ4v) is 3.25. The first kappa shape index (κ1) is 17.5. The van der Waals surface area contributed by atoms with Gasteiger partial charge in [-0.15, -0.1) is 0 Å². The van der Waals surface area contributed by atoms with Gasteiger partial charge in [-0.3, -0.25) is 9.69 Å². The molecule has 3 rings (SSSR count). The van der Waals surface area contributed by atoms with Crippen molar-refractivity contribution < 1.29 is 9.53 Å². The molecule has 0 bridgehead atoms. The molecule has 2 aromatic rings. The predicted octanol–water partition coefficient (Wildman–Crippen LogP) is 3.61. The molecule has 1 heterocycles. The summed E-state index contributed by atoms with van der Waals surface area (Å²) in [6, 6.07) is 15.8. The van der Waals surface area contributed by atoms with Crippen molar-refractivity contribution in [2.75, 3.05) is 20.2 Å². The summed E-state index contributed by atoms with van der Waals surface area (Å²) in [7, 11) is 1.58. The number of benzene rings is 2. The second-order valence-corrected chi connectivity index (χ2v) is 6.54. The average Bonchev–Trinajstić information content (AvgIpc) is 2.68. The number of hydrogen-bond acceptors (Lipinski definition) is 3. The SMILES string of the molecule is COc1ccccc1C(=O)NCc1ccc(CN2CCCCC2)cc1. The minimum absolute atomic E-state index is 0.116. The van der Waals surface area contributed by atoms with Crippen LogP contribution < -0.4 is 10.1 Å². The van der Waals surface area contributed by atoms with Gasteiger partial charge in [0.05, 0.1) is 12.7 Å². The largest absolute Gasteiger partial charge is 0.496 e. The summed E-state index contributed by atoms with van der Waals surface area (Å²) in [6.07, 6.45) is 3.99. The maximum Gasteiger partial charge on any atom is 0.255 e. The number of rotatable bonds is 6. The Balaban J connectivity index is 1.53. The third-order valence-electron chi connectivity index (χ3n) is 4.68. The quantitative estimate of drug-likeness (QED) is 0.875. The summed E-state index contributed by atoms with van der Waals surface area (Å²) >= 11 is 0. The number of likely N-dealkylation sites (tertiary alicyclic amines) is 1. The second kappa shape index (κ2) is 8.67. The summed E-state index contributed by atoms with van der Waals surface area (Å²) in [4.78, 5) is 14.8. The van der Waals surface area contributed by atoms with Gasteiger partial charge in [-0.05, 0) is 49.2 Å². The standard InChI is InChI=1S/C21H26N2O2/c1-25-20-8-4-3-7-19(20)21(24)22-15-17-9-11-18(12-10-17)16-23-13-5-2-6-14-23/h3-4,7-12H,2,5-6,13-16H2,1H3,(H,22,24). The zero-order valence-electron chi connectivity index (χ0n) is 14.8. The number of amides is 1. The van der Waals surface area contributed by atoms with Gasteiger partial charge in [-0.1, -0.05) is 42.8 Å². The number of methoxy groups -OCH3 is 1. The summed E-state index contributed by atoms with van der Waals surface area (Å²) in [5.74, 6) is 0.478. The van der Waals surface area contributed by atoms with Crippen molar-refractivity contribution in [2.24, 2.45) is 0 Å². The van der Waals surface area contributed by atoms with Gasteiger partial charge in [0.15, 0.2) is 0 Å². The smallest absolute Gasteiger partial charge is 0.255 e. The molecule has 0 radical (unpaired) electrons. The molecule has 1 fully saturated rings. The number of piperidine rings is 1. The molecular weight excluding hydrogens is 312 g/mol. The Labute approximate surface area is 149 Å². The van der Waals surface area contributed by atoms with Crippen molar-refractivity contribution in [3.63, 3.8) is 0 Å². The normalized spacial score (nSPS) is 14.9. The first-order valence-electron chi connectivity index (χ1n) is 8.97.